The molecule has 3 rings (SSSR count). The number of halogens is 1. The molecule has 1 amide bonds. The Balaban J connectivity index is 1.71. The Kier molecular flexibility index (Phi) is 7.93. The largest absolute Gasteiger partial charge is 0.324 e. The summed E-state index contributed by atoms with van der Waals surface area (Å²) in [6, 6.07) is 21.6. The third-order valence-corrected chi connectivity index (χ3v) is 7.04. The van der Waals surface area contributed by atoms with Crippen LogP contribution in [0.4, 0.5) is 15.8 Å². The van der Waals surface area contributed by atoms with Gasteiger partial charge in [-0.1, -0.05) is 37.3 Å². The summed E-state index contributed by atoms with van der Waals surface area (Å²) in [4.78, 5) is 14.2. The van der Waals surface area contributed by atoms with E-state index in [1.165, 1.54) is 29.2 Å². The van der Waals surface area contributed by atoms with E-state index in [1.54, 1.807) is 30.8 Å². The Morgan fingerprint density at radius 2 is 1.62 bits per heavy atom. The smallest absolute Gasteiger partial charge is 0.248 e. The van der Waals surface area contributed by atoms with E-state index in [0.717, 1.165) is 21.9 Å². The fraction of sp³-hybridized carbons (Fsp3) is 0.208. The number of sulfonamides is 1. The summed E-state index contributed by atoms with van der Waals surface area (Å²) >= 11 is 1.72. The van der Waals surface area contributed by atoms with Crippen molar-refractivity contribution in [3.8, 4) is 0 Å². The van der Waals surface area contributed by atoms with Gasteiger partial charge in [0.1, 0.15) is 11.9 Å². The number of thioether (sulfide) groups is 1. The molecule has 1 N–H and O–H groups in total. The molecule has 0 bridgehead atoms. The highest BCUT2D eigenvalue weighted by Crippen LogP contribution is 2.25. The number of rotatable bonds is 9. The van der Waals surface area contributed by atoms with Gasteiger partial charge in [-0.2, -0.15) is 0 Å². The molecule has 8 heteroatoms. The minimum atomic E-state index is -3.77. The highest BCUT2D eigenvalue weighted by molar-refractivity contribution is 7.98. The molecule has 1 unspecified atom stereocenters. The Morgan fingerprint density at radius 1 is 1.00 bits per heavy atom. The van der Waals surface area contributed by atoms with Crippen molar-refractivity contribution in [2.24, 2.45) is 0 Å². The molecule has 0 aliphatic heterocycles. The second-order valence-electron chi connectivity index (χ2n) is 7.25. The van der Waals surface area contributed by atoms with Gasteiger partial charge in [0.25, 0.3) is 0 Å². The molecule has 0 aromatic heterocycles. The maximum absolute atomic E-state index is 13.3. The molecule has 3 aromatic carbocycles. The van der Waals surface area contributed by atoms with Gasteiger partial charge in [-0.05, 0) is 60.5 Å². The van der Waals surface area contributed by atoms with Crippen LogP contribution in [-0.2, 0) is 20.6 Å². The lowest BCUT2D eigenvalue weighted by molar-refractivity contribution is -0.117. The van der Waals surface area contributed by atoms with Gasteiger partial charge in [0, 0.05) is 16.3 Å². The number of hydrogen-bond donors (Lipinski definition) is 1. The van der Waals surface area contributed by atoms with Gasteiger partial charge in [-0.3, -0.25) is 9.10 Å². The van der Waals surface area contributed by atoms with Crippen molar-refractivity contribution in [2.75, 3.05) is 15.9 Å². The quantitative estimate of drug-likeness (QED) is 0.429. The summed E-state index contributed by atoms with van der Waals surface area (Å²) in [5.41, 5.74) is 1.92. The Morgan fingerprint density at radius 3 is 2.19 bits per heavy atom. The fourth-order valence-electron chi connectivity index (χ4n) is 3.24. The molecule has 5 nitrogen and oxygen atoms in total. The lowest BCUT2D eigenvalue weighted by Gasteiger charge is -2.30. The molecule has 0 fully saturated rings. The van der Waals surface area contributed by atoms with E-state index >= 15 is 0 Å². The van der Waals surface area contributed by atoms with E-state index in [-0.39, 0.29) is 12.1 Å². The normalized spacial score (nSPS) is 12.2. The second-order valence-corrected chi connectivity index (χ2v) is 10.2. The fourth-order valence-corrected chi connectivity index (χ4v) is 5.33. The Hall–Kier alpha value is -2.84. The highest BCUT2D eigenvalue weighted by atomic mass is 32.2. The zero-order valence-electron chi connectivity index (χ0n) is 17.9. The van der Waals surface area contributed by atoms with Crippen LogP contribution in [0.15, 0.2) is 83.8 Å². The molecular formula is C24H25FN2O3S2. The number of carbonyl (C=O) groups excluding carboxylic acids is 1. The van der Waals surface area contributed by atoms with Crippen molar-refractivity contribution in [3.05, 3.63) is 90.2 Å². The molecule has 0 radical (unpaired) electrons. The van der Waals surface area contributed by atoms with E-state index in [9.17, 15) is 17.6 Å². The summed E-state index contributed by atoms with van der Waals surface area (Å²) in [5, 5.41) is 2.80. The van der Waals surface area contributed by atoms with Gasteiger partial charge in [0.15, 0.2) is 0 Å². The molecule has 32 heavy (non-hydrogen) atoms. The molecule has 0 aliphatic carbocycles. The first-order chi connectivity index (χ1) is 15.3. The van der Waals surface area contributed by atoms with Crippen LogP contribution in [0.5, 0.6) is 0 Å². The van der Waals surface area contributed by atoms with Gasteiger partial charge in [0.2, 0.25) is 15.9 Å². The lowest BCUT2D eigenvalue weighted by atomic mass is 10.1. The van der Waals surface area contributed by atoms with Gasteiger partial charge in [0.05, 0.1) is 11.9 Å². The average molecular weight is 473 g/mol. The molecule has 1 atom stereocenters. The summed E-state index contributed by atoms with van der Waals surface area (Å²) in [5.74, 6) is -0.138. The second kappa shape index (κ2) is 10.7. The summed E-state index contributed by atoms with van der Waals surface area (Å²) < 4.78 is 39.3. The van der Waals surface area contributed by atoms with Crippen LogP contribution in [-0.4, -0.2) is 26.6 Å². The third kappa shape index (κ3) is 6.34. The first-order valence-corrected chi connectivity index (χ1v) is 12.9. The van der Waals surface area contributed by atoms with Gasteiger partial charge >= 0.3 is 0 Å². The van der Waals surface area contributed by atoms with Crippen molar-refractivity contribution in [1.82, 2.24) is 0 Å². The number of amides is 1. The van der Waals surface area contributed by atoms with E-state index in [2.05, 4.69) is 17.4 Å². The van der Waals surface area contributed by atoms with Crippen LogP contribution in [0, 0.1) is 5.82 Å². The highest BCUT2D eigenvalue weighted by Gasteiger charge is 2.31. The molecule has 0 spiro atoms. The maximum atomic E-state index is 13.3. The SMILES string of the molecule is CCC(C(=O)Nc1ccc(CSc2ccccc2)cc1)N(c1ccc(F)cc1)S(C)(=O)=O. The van der Waals surface area contributed by atoms with Crippen molar-refractivity contribution in [3.63, 3.8) is 0 Å². The molecule has 3 aromatic rings. The molecule has 0 heterocycles. The first-order valence-electron chi connectivity index (χ1n) is 10.1. The van der Waals surface area contributed by atoms with E-state index in [0.29, 0.717) is 5.69 Å². The zero-order chi connectivity index (χ0) is 23.1. The standard InChI is InChI=1S/C24H25FN2O3S2/c1-3-23(27(32(2,29)30)21-15-11-19(25)12-16-21)24(28)26-20-13-9-18(10-14-20)17-31-22-7-5-4-6-8-22/h4-16,23H,3,17H2,1-2H3,(H,26,28). The van der Waals surface area contributed by atoms with Crippen LogP contribution < -0.4 is 9.62 Å². The minimum Gasteiger partial charge on any atom is -0.324 e. The first kappa shape index (κ1) is 23.8. The van der Waals surface area contributed by atoms with Crippen LogP contribution in [0.3, 0.4) is 0 Å². The molecule has 0 saturated heterocycles. The molecular weight excluding hydrogens is 447 g/mol. The van der Waals surface area contributed by atoms with Crippen LogP contribution in [0.2, 0.25) is 0 Å². The third-order valence-electron chi connectivity index (χ3n) is 4.78. The predicted molar refractivity (Wildman–Crippen MR) is 129 cm³/mol. The van der Waals surface area contributed by atoms with E-state index in [1.807, 2.05) is 30.3 Å². The summed E-state index contributed by atoms with van der Waals surface area (Å²) in [6.45, 7) is 1.73. The van der Waals surface area contributed by atoms with E-state index < -0.39 is 27.8 Å². The molecule has 0 aliphatic rings. The maximum Gasteiger partial charge on any atom is 0.248 e. The monoisotopic (exact) mass is 472 g/mol. The molecule has 0 saturated carbocycles. The van der Waals surface area contributed by atoms with Crippen molar-refractivity contribution in [2.45, 2.75) is 30.0 Å². The Bertz CT molecular complexity index is 1140. The van der Waals surface area contributed by atoms with Crippen LogP contribution in [0.25, 0.3) is 0 Å². The number of hydrogen-bond acceptors (Lipinski definition) is 4. The van der Waals surface area contributed by atoms with E-state index in [4.69, 9.17) is 0 Å². The number of carbonyl (C=O) groups is 1. The number of anilines is 2. The predicted octanol–water partition coefficient (Wildman–Crippen LogP) is 5.30. The van der Waals surface area contributed by atoms with Crippen LogP contribution in [0.1, 0.15) is 18.9 Å². The molecule has 168 valence electrons. The summed E-state index contributed by atoms with van der Waals surface area (Å²) in [7, 11) is -3.77. The minimum absolute atomic E-state index is 0.240. The number of benzene rings is 3. The van der Waals surface area contributed by atoms with Crippen molar-refractivity contribution in [1.29, 1.82) is 0 Å². The summed E-state index contributed by atoms with van der Waals surface area (Å²) in [6.07, 6.45) is 1.29. The van der Waals surface area contributed by atoms with Gasteiger partial charge in [-0.15, -0.1) is 11.8 Å². The number of nitrogens with one attached hydrogen (secondary N) is 1. The topological polar surface area (TPSA) is 66.5 Å². The Labute approximate surface area is 192 Å². The lowest BCUT2D eigenvalue weighted by Crippen LogP contribution is -2.47. The average Bonchev–Trinajstić information content (AvgIpc) is 2.77. The number of nitrogens with zero attached hydrogens (tertiary/aromatic N) is 1. The van der Waals surface area contributed by atoms with Crippen molar-refractivity contribution >= 4 is 39.1 Å². The zero-order valence-corrected chi connectivity index (χ0v) is 19.5. The van der Waals surface area contributed by atoms with Gasteiger partial charge < -0.3 is 5.32 Å². The van der Waals surface area contributed by atoms with Gasteiger partial charge in [-0.25, -0.2) is 12.8 Å². The van der Waals surface area contributed by atoms with Crippen molar-refractivity contribution < 1.29 is 17.6 Å². The van der Waals surface area contributed by atoms with Crippen LogP contribution >= 0.6 is 11.8 Å².